The number of carbonyl (C=O) groups excluding carboxylic acids is 3. The van der Waals surface area contributed by atoms with E-state index in [0.717, 1.165) is 18.8 Å². The number of nitrogens with zero attached hydrogens (tertiary/aromatic N) is 4. The van der Waals surface area contributed by atoms with Gasteiger partial charge < -0.3 is 9.64 Å². The molecule has 1 atom stereocenters. The number of anilines is 2. The van der Waals surface area contributed by atoms with E-state index < -0.39 is 6.04 Å². The Labute approximate surface area is 203 Å². The first-order valence-electron chi connectivity index (χ1n) is 11.6. The number of pyridine rings is 1. The number of piperazine rings is 1. The fourth-order valence-electron chi connectivity index (χ4n) is 4.68. The lowest BCUT2D eigenvalue weighted by molar-refractivity contribution is -0.123. The first kappa shape index (κ1) is 22.7. The number of aromatic nitrogens is 1. The Morgan fingerprint density at radius 1 is 0.886 bits per heavy atom. The van der Waals surface area contributed by atoms with Gasteiger partial charge in [-0.25, -0.2) is 4.90 Å². The van der Waals surface area contributed by atoms with Crippen molar-refractivity contribution in [1.29, 1.82) is 0 Å². The number of hydrogen-bond acceptors (Lipinski definition) is 7. The zero-order chi connectivity index (χ0) is 24.4. The highest BCUT2D eigenvalue weighted by Crippen LogP contribution is 2.28. The maximum atomic E-state index is 13.1. The molecule has 2 aromatic carbocycles. The molecule has 3 aromatic rings. The molecule has 0 N–H and O–H groups in total. The minimum Gasteiger partial charge on any atom is -0.497 e. The number of methoxy groups -OCH3 is 1. The third-order valence-electron chi connectivity index (χ3n) is 6.63. The van der Waals surface area contributed by atoms with Gasteiger partial charge in [-0.3, -0.25) is 24.3 Å². The van der Waals surface area contributed by atoms with Gasteiger partial charge >= 0.3 is 0 Å². The van der Waals surface area contributed by atoms with Gasteiger partial charge in [0.2, 0.25) is 5.91 Å². The van der Waals surface area contributed by atoms with E-state index in [9.17, 15) is 14.4 Å². The third-order valence-corrected chi connectivity index (χ3v) is 6.63. The zero-order valence-corrected chi connectivity index (χ0v) is 19.5. The zero-order valence-electron chi connectivity index (χ0n) is 19.5. The number of imide groups is 1. The summed E-state index contributed by atoms with van der Waals surface area (Å²) in [6.07, 6.45) is 3.40. The summed E-state index contributed by atoms with van der Waals surface area (Å²) in [6, 6.07) is 17.6. The van der Waals surface area contributed by atoms with E-state index in [4.69, 9.17) is 4.74 Å². The van der Waals surface area contributed by atoms with Crippen molar-refractivity contribution in [3.8, 4) is 5.75 Å². The van der Waals surface area contributed by atoms with Crippen LogP contribution in [0.15, 0.2) is 73.1 Å². The highest BCUT2D eigenvalue weighted by molar-refractivity contribution is 6.22. The molecule has 178 valence electrons. The topological polar surface area (TPSA) is 83.1 Å². The van der Waals surface area contributed by atoms with E-state index >= 15 is 0 Å². The lowest BCUT2D eigenvalue weighted by Gasteiger charge is -2.38. The normalized spacial score (nSPS) is 18.7. The molecule has 2 amide bonds. The maximum Gasteiger partial charge on any atom is 0.251 e. The van der Waals surface area contributed by atoms with Crippen LogP contribution >= 0.6 is 0 Å². The molecule has 0 unspecified atom stereocenters. The predicted octanol–water partition coefficient (Wildman–Crippen LogP) is 2.78. The molecule has 35 heavy (non-hydrogen) atoms. The van der Waals surface area contributed by atoms with Gasteiger partial charge in [-0.05, 0) is 60.7 Å². The second-order valence-electron chi connectivity index (χ2n) is 8.63. The van der Waals surface area contributed by atoms with Gasteiger partial charge in [0.05, 0.1) is 25.3 Å². The lowest BCUT2D eigenvalue weighted by Crippen LogP contribution is -2.52. The summed E-state index contributed by atoms with van der Waals surface area (Å²) in [5.74, 6) is 0.267. The Morgan fingerprint density at radius 3 is 2.20 bits per heavy atom. The van der Waals surface area contributed by atoms with E-state index in [1.54, 1.807) is 55.9 Å². The van der Waals surface area contributed by atoms with E-state index in [-0.39, 0.29) is 24.0 Å². The molecule has 0 spiro atoms. The third kappa shape index (κ3) is 4.52. The van der Waals surface area contributed by atoms with Crippen molar-refractivity contribution in [3.05, 3.63) is 84.2 Å². The summed E-state index contributed by atoms with van der Waals surface area (Å²) < 4.78 is 5.17. The van der Waals surface area contributed by atoms with Crippen LogP contribution in [0.2, 0.25) is 0 Å². The quantitative estimate of drug-likeness (QED) is 0.405. The summed E-state index contributed by atoms with van der Waals surface area (Å²) in [7, 11) is 1.58. The van der Waals surface area contributed by atoms with Gasteiger partial charge in [0.1, 0.15) is 5.75 Å². The number of carbonyl (C=O) groups is 3. The first-order chi connectivity index (χ1) is 17.0. The second kappa shape index (κ2) is 9.68. The van der Waals surface area contributed by atoms with Crippen LogP contribution in [0.4, 0.5) is 11.4 Å². The Kier molecular flexibility index (Phi) is 6.29. The summed E-state index contributed by atoms with van der Waals surface area (Å²) in [4.78, 5) is 48.0. The molecule has 0 aliphatic carbocycles. The molecule has 0 radical (unpaired) electrons. The van der Waals surface area contributed by atoms with Gasteiger partial charge in [-0.1, -0.05) is 0 Å². The van der Waals surface area contributed by atoms with Crippen LogP contribution in [0.1, 0.15) is 22.3 Å². The molecule has 2 aliphatic heterocycles. The van der Waals surface area contributed by atoms with Gasteiger partial charge in [0, 0.05) is 55.4 Å². The molecule has 0 saturated carbocycles. The van der Waals surface area contributed by atoms with E-state index in [2.05, 4.69) is 14.8 Å². The van der Waals surface area contributed by atoms with Crippen molar-refractivity contribution >= 4 is 29.0 Å². The van der Waals surface area contributed by atoms with Crippen molar-refractivity contribution in [1.82, 2.24) is 9.88 Å². The van der Waals surface area contributed by atoms with Gasteiger partial charge in [-0.2, -0.15) is 0 Å². The minimum atomic E-state index is -0.439. The summed E-state index contributed by atoms with van der Waals surface area (Å²) in [5.41, 5.74) is 2.78. The first-order valence-corrected chi connectivity index (χ1v) is 11.6. The highest BCUT2D eigenvalue weighted by Gasteiger charge is 2.43. The largest absolute Gasteiger partial charge is 0.497 e. The summed E-state index contributed by atoms with van der Waals surface area (Å²) in [5, 5.41) is 0. The molecule has 2 aliphatic rings. The molecular weight excluding hydrogens is 444 g/mol. The van der Waals surface area contributed by atoms with Crippen LogP contribution in [0.3, 0.4) is 0 Å². The second-order valence-corrected chi connectivity index (χ2v) is 8.63. The summed E-state index contributed by atoms with van der Waals surface area (Å²) in [6.45, 7) is 2.82. The van der Waals surface area contributed by atoms with Crippen LogP contribution in [0.25, 0.3) is 0 Å². The van der Waals surface area contributed by atoms with Gasteiger partial charge in [-0.15, -0.1) is 0 Å². The van der Waals surface area contributed by atoms with Gasteiger partial charge in [0.15, 0.2) is 5.78 Å². The fraction of sp³-hybridized carbons (Fsp3) is 0.259. The van der Waals surface area contributed by atoms with Crippen LogP contribution < -0.4 is 14.5 Å². The maximum absolute atomic E-state index is 13.1. The highest BCUT2D eigenvalue weighted by atomic mass is 16.5. The van der Waals surface area contributed by atoms with E-state index in [1.807, 2.05) is 24.3 Å². The molecule has 0 bridgehead atoms. The molecule has 2 saturated heterocycles. The van der Waals surface area contributed by atoms with Crippen molar-refractivity contribution in [3.63, 3.8) is 0 Å². The standard InChI is InChI=1S/C27H26N4O4/c1-35-23-10-8-22(9-11-23)31-25(32)17-24(27(31)34)30-15-13-29(14-16-30)21-6-4-19(5-7-21)26(33)20-3-2-12-28-18-20/h2-12,18,24H,13-17H2,1H3/t24-/m0/s1. The number of hydrogen-bond donors (Lipinski definition) is 0. The van der Waals surface area contributed by atoms with Crippen molar-refractivity contribution in [2.24, 2.45) is 0 Å². The Hall–Kier alpha value is -4.04. The Morgan fingerprint density at radius 2 is 1.57 bits per heavy atom. The predicted molar refractivity (Wildman–Crippen MR) is 132 cm³/mol. The SMILES string of the molecule is COc1ccc(N2C(=O)C[C@H](N3CCN(c4ccc(C(=O)c5cccnc5)cc4)CC3)C2=O)cc1. The van der Waals surface area contributed by atoms with Crippen molar-refractivity contribution in [2.75, 3.05) is 43.1 Å². The number of rotatable bonds is 6. The van der Waals surface area contributed by atoms with Crippen LogP contribution in [0, 0.1) is 0 Å². The molecule has 1 aromatic heterocycles. The molecular formula is C27H26N4O4. The molecule has 8 heteroatoms. The molecule has 3 heterocycles. The monoisotopic (exact) mass is 470 g/mol. The average Bonchev–Trinajstić information content (AvgIpc) is 3.22. The van der Waals surface area contributed by atoms with Crippen molar-refractivity contribution < 1.29 is 19.1 Å². The number of benzene rings is 2. The van der Waals surface area contributed by atoms with E-state index in [0.29, 0.717) is 35.7 Å². The lowest BCUT2D eigenvalue weighted by atomic mass is 10.0. The number of ether oxygens (including phenoxy) is 1. The molecule has 8 nitrogen and oxygen atoms in total. The summed E-state index contributed by atoms with van der Waals surface area (Å²) >= 11 is 0. The van der Waals surface area contributed by atoms with E-state index in [1.165, 1.54) is 4.90 Å². The Balaban J connectivity index is 1.20. The van der Waals surface area contributed by atoms with Crippen LogP contribution in [0.5, 0.6) is 5.75 Å². The molecule has 2 fully saturated rings. The minimum absolute atomic E-state index is 0.0553. The van der Waals surface area contributed by atoms with Crippen molar-refractivity contribution in [2.45, 2.75) is 12.5 Å². The number of amides is 2. The number of ketones is 1. The van der Waals surface area contributed by atoms with Crippen LogP contribution in [-0.4, -0.2) is 66.8 Å². The fourth-order valence-corrected chi connectivity index (χ4v) is 4.68. The van der Waals surface area contributed by atoms with Gasteiger partial charge in [0.25, 0.3) is 5.91 Å². The Bertz CT molecular complexity index is 1220. The van der Waals surface area contributed by atoms with Crippen LogP contribution in [-0.2, 0) is 9.59 Å². The molecule has 5 rings (SSSR count). The average molecular weight is 471 g/mol. The smallest absolute Gasteiger partial charge is 0.251 e.